The Kier molecular flexibility index (Phi) is 3.95. The third-order valence-corrected chi connectivity index (χ3v) is 5.84. The summed E-state index contributed by atoms with van der Waals surface area (Å²) in [4.78, 5) is 2.28. The minimum atomic E-state index is -0.362. The number of aryl methyl sites for hydroxylation is 1. The van der Waals surface area contributed by atoms with Crippen LogP contribution in [-0.2, 0) is 19.0 Å². The van der Waals surface area contributed by atoms with Gasteiger partial charge in [0.25, 0.3) is 0 Å². The van der Waals surface area contributed by atoms with Gasteiger partial charge < -0.3 is 10.4 Å². The zero-order valence-corrected chi connectivity index (χ0v) is 14.4. The molecule has 1 aromatic carbocycles. The summed E-state index contributed by atoms with van der Waals surface area (Å²) >= 11 is 0. The number of aliphatic hydroxyl groups is 1. The maximum Gasteiger partial charge on any atom is 0.0834 e. The van der Waals surface area contributed by atoms with Crippen molar-refractivity contribution >= 4 is 0 Å². The Balaban J connectivity index is 1.68. The molecule has 0 saturated carbocycles. The first kappa shape index (κ1) is 15.8. The van der Waals surface area contributed by atoms with E-state index in [9.17, 15) is 5.11 Å². The molecule has 1 spiro atoms. The molecule has 0 unspecified atom stereocenters. The summed E-state index contributed by atoms with van der Waals surface area (Å²) in [5, 5.41) is 19.0. The Bertz CT molecular complexity index is 720. The monoisotopic (exact) mass is 326 g/mol. The SMILES string of the molecule is CN(Cc1cnn(C)c1)[C@@H]1c2ccccc2C2(CCNCC2)[C@H]1O. The van der Waals surface area contributed by atoms with Gasteiger partial charge >= 0.3 is 0 Å². The largest absolute Gasteiger partial charge is 0.390 e. The molecule has 24 heavy (non-hydrogen) atoms. The lowest BCUT2D eigenvalue weighted by atomic mass is 9.72. The van der Waals surface area contributed by atoms with E-state index in [0.717, 1.165) is 32.5 Å². The summed E-state index contributed by atoms with van der Waals surface area (Å²) in [7, 11) is 4.05. The molecule has 0 amide bonds. The fourth-order valence-corrected chi connectivity index (χ4v) is 4.70. The van der Waals surface area contributed by atoms with Crippen LogP contribution in [0.25, 0.3) is 0 Å². The molecule has 1 aliphatic heterocycles. The van der Waals surface area contributed by atoms with Gasteiger partial charge in [0.1, 0.15) is 0 Å². The summed E-state index contributed by atoms with van der Waals surface area (Å²) in [6.45, 7) is 2.74. The number of aliphatic hydroxyl groups excluding tert-OH is 1. The topological polar surface area (TPSA) is 53.3 Å². The third-order valence-electron chi connectivity index (χ3n) is 5.84. The zero-order valence-electron chi connectivity index (χ0n) is 14.4. The van der Waals surface area contributed by atoms with Crippen molar-refractivity contribution in [3.63, 3.8) is 0 Å². The smallest absolute Gasteiger partial charge is 0.0834 e. The molecule has 5 heteroatoms. The van der Waals surface area contributed by atoms with Crippen LogP contribution >= 0.6 is 0 Å². The molecular formula is C19H26N4O. The number of nitrogens with one attached hydrogen (secondary N) is 1. The predicted octanol–water partition coefficient (Wildman–Crippen LogP) is 1.59. The van der Waals surface area contributed by atoms with Crippen molar-refractivity contribution in [1.82, 2.24) is 20.0 Å². The number of likely N-dealkylation sites (N-methyl/N-ethyl adjacent to an activating group) is 1. The van der Waals surface area contributed by atoms with Crippen LogP contribution in [-0.4, -0.2) is 46.0 Å². The molecule has 0 bridgehead atoms. The van der Waals surface area contributed by atoms with E-state index in [1.165, 1.54) is 16.7 Å². The van der Waals surface area contributed by atoms with Gasteiger partial charge in [-0.2, -0.15) is 5.10 Å². The molecule has 0 radical (unpaired) electrons. The summed E-state index contributed by atoms with van der Waals surface area (Å²) in [6.07, 6.45) is 5.59. The van der Waals surface area contributed by atoms with Crippen LogP contribution in [0.1, 0.15) is 35.6 Å². The Hall–Kier alpha value is -1.69. The van der Waals surface area contributed by atoms with Crippen LogP contribution in [0, 0.1) is 0 Å². The third kappa shape index (κ3) is 2.39. The average Bonchev–Trinajstić information content (AvgIpc) is 3.09. The molecule has 5 nitrogen and oxygen atoms in total. The Morgan fingerprint density at radius 2 is 2.08 bits per heavy atom. The fraction of sp³-hybridized carbons (Fsp3) is 0.526. The lowest BCUT2D eigenvalue weighted by Crippen LogP contribution is -2.48. The first-order valence-electron chi connectivity index (χ1n) is 8.78. The summed E-state index contributed by atoms with van der Waals surface area (Å²) in [5.74, 6) is 0. The second-order valence-electron chi connectivity index (χ2n) is 7.32. The van der Waals surface area contributed by atoms with Gasteiger partial charge in [0.15, 0.2) is 0 Å². The van der Waals surface area contributed by atoms with Crippen LogP contribution in [0.5, 0.6) is 0 Å². The van der Waals surface area contributed by atoms with E-state index in [2.05, 4.69) is 46.6 Å². The molecule has 1 aromatic heterocycles. The van der Waals surface area contributed by atoms with Gasteiger partial charge in [-0.15, -0.1) is 0 Å². The lowest BCUT2D eigenvalue weighted by Gasteiger charge is -2.40. The van der Waals surface area contributed by atoms with E-state index in [4.69, 9.17) is 0 Å². The Morgan fingerprint density at radius 3 is 2.79 bits per heavy atom. The number of hydrogen-bond acceptors (Lipinski definition) is 4. The van der Waals surface area contributed by atoms with E-state index in [1.807, 2.05) is 24.1 Å². The van der Waals surface area contributed by atoms with Gasteiger partial charge in [-0.1, -0.05) is 24.3 Å². The standard InChI is InChI=1S/C19H26N4O/c1-22(12-14-11-21-23(2)13-14)17-15-5-3-4-6-16(15)19(18(17)24)7-9-20-10-8-19/h3-6,11,13,17-18,20,24H,7-10,12H2,1-2H3/t17-,18+/m1/s1. The second kappa shape index (κ2) is 5.99. The highest BCUT2D eigenvalue weighted by molar-refractivity contribution is 5.45. The first-order valence-corrected chi connectivity index (χ1v) is 8.78. The van der Waals surface area contributed by atoms with Crippen LogP contribution < -0.4 is 5.32 Å². The molecule has 4 rings (SSSR count). The number of hydrogen-bond donors (Lipinski definition) is 2. The lowest BCUT2D eigenvalue weighted by molar-refractivity contribution is 0.00419. The van der Waals surface area contributed by atoms with Crippen LogP contribution in [0.15, 0.2) is 36.7 Å². The molecule has 2 aliphatic rings. The van der Waals surface area contributed by atoms with Crippen LogP contribution in [0.3, 0.4) is 0 Å². The fourth-order valence-electron chi connectivity index (χ4n) is 4.70. The van der Waals surface area contributed by atoms with Crippen molar-refractivity contribution in [1.29, 1.82) is 0 Å². The number of aromatic nitrogens is 2. The zero-order chi connectivity index (χ0) is 16.7. The molecule has 2 N–H and O–H groups in total. The van der Waals surface area contributed by atoms with Crippen molar-refractivity contribution in [2.75, 3.05) is 20.1 Å². The molecular weight excluding hydrogens is 300 g/mol. The molecule has 128 valence electrons. The van der Waals surface area contributed by atoms with Gasteiger partial charge in [-0.05, 0) is 44.1 Å². The van der Waals surface area contributed by atoms with E-state index in [1.54, 1.807) is 0 Å². The second-order valence-corrected chi connectivity index (χ2v) is 7.32. The summed E-state index contributed by atoms with van der Waals surface area (Å²) < 4.78 is 1.83. The molecule has 2 aromatic rings. The minimum absolute atomic E-state index is 0.0412. The molecule has 1 fully saturated rings. The normalized spacial score (nSPS) is 25.3. The number of nitrogens with zero attached hydrogens (tertiary/aromatic N) is 3. The van der Waals surface area contributed by atoms with E-state index >= 15 is 0 Å². The molecule has 1 saturated heterocycles. The van der Waals surface area contributed by atoms with Crippen LogP contribution in [0.2, 0.25) is 0 Å². The van der Waals surface area contributed by atoms with Crippen LogP contribution in [0.4, 0.5) is 0 Å². The van der Waals surface area contributed by atoms with E-state index in [-0.39, 0.29) is 17.6 Å². The highest BCUT2D eigenvalue weighted by atomic mass is 16.3. The number of rotatable bonds is 3. The highest BCUT2D eigenvalue weighted by Gasteiger charge is 2.52. The number of fused-ring (bicyclic) bond motifs is 2. The highest BCUT2D eigenvalue weighted by Crippen LogP contribution is 2.51. The molecule has 2 heterocycles. The van der Waals surface area contributed by atoms with Crippen molar-refractivity contribution < 1.29 is 5.11 Å². The van der Waals surface area contributed by atoms with E-state index in [0.29, 0.717) is 0 Å². The van der Waals surface area contributed by atoms with Crippen molar-refractivity contribution in [3.8, 4) is 0 Å². The van der Waals surface area contributed by atoms with Crippen molar-refractivity contribution in [2.24, 2.45) is 7.05 Å². The summed E-state index contributed by atoms with van der Waals surface area (Å²) in [6, 6.07) is 8.66. The first-order chi connectivity index (χ1) is 11.6. The van der Waals surface area contributed by atoms with Gasteiger partial charge in [0, 0.05) is 30.8 Å². The molecule has 1 aliphatic carbocycles. The van der Waals surface area contributed by atoms with Gasteiger partial charge in [0.2, 0.25) is 0 Å². The van der Waals surface area contributed by atoms with Crippen molar-refractivity contribution in [3.05, 3.63) is 53.3 Å². The molecule has 2 atom stereocenters. The average molecular weight is 326 g/mol. The quantitative estimate of drug-likeness (QED) is 0.899. The maximum absolute atomic E-state index is 11.3. The van der Waals surface area contributed by atoms with Gasteiger partial charge in [-0.25, -0.2) is 0 Å². The van der Waals surface area contributed by atoms with Crippen molar-refractivity contribution in [2.45, 2.75) is 36.9 Å². The maximum atomic E-state index is 11.3. The van der Waals surface area contributed by atoms with Gasteiger partial charge in [-0.3, -0.25) is 9.58 Å². The minimum Gasteiger partial charge on any atom is -0.390 e. The van der Waals surface area contributed by atoms with E-state index < -0.39 is 0 Å². The van der Waals surface area contributed by atoms with Gasteiger partial charge in [0.05, 0.1) is 18.3 Å². The Labute approximate surface area is 143 Å². The Morgan fingerprint density at radius 1 is 1.33 bits per heavy atom. The number of benzene rings is 1. The number of piperidine rings is 1. The summed E-state index contributed by atoms with van der Waals surface area (Å²) in [5.41, 5.74) is 3.71. The predicted molar refractivity (Wildman–Crippen MR) is 93.6 cm³/mol.